The molecule has 0 fully saturated rings. The maximum absolute atomic E-state index is 13.5. The van der Waals surface area contributed by atoms with Gasteiger partial charge in [0.1, 0.15) is 16.5 Å². The Labute approximate surface area is 115 Å². The van der Waals surface area contributed by atoms with E-state index in [0.717, 1.165) is 17.8 Å². The van der Waals surface area contributed by atoms with Crippen LogP contribution in [0.1, 0.15) is 11.3 Å². The van der Waals surface area contributed by atoms with Crippen LogP contribution in [0.5, 0.6) is 0 Å². The number of nitrogens with one attached hydrogen (secondary N) is 1. The average Bonchev–Trinajstić information content (AvgIpc) is 2.70. The van der Waals surface area contributed by atoms with Gasteiger partial charge in [-0.25, -0.2) is 21.9 Å². The lowest BCUT2D eigenvalue weighted by Gasteiger charge is -2.07. The van der Waals surface area contributed by atoms with E-state index in [0.29, 0.717) is 11.6 Å². The molecule has 0 aliphatic rings. The molecule has 0 saturated heterocycles. The highest BCUT2D eigenvalue weighted by Crippen LogP contribution is 2.16. The molecule has 0 atom stereocenters. The summed E-state index contributed by atoms with van der Waals surface area (Å²) in [7, 11) is -2.40. The van der Waals surface area contributed by atoms with Crippen molar-refractivity contribution < 1.29 is 17.2 Å². The van der Waals surface area contributed by atoms with E-state index >= 15 is 0 Å². The summed E-state index contributed by atoms with van der Waals surface area (Å²) in [6.07, 6.45) is 1.51. The molecule has 20 heavy (non-hydrogen) atoms. The smallest absolute Gasteiger partial charge is 0.243 e. The first-order valence-corrected chi connectivity index (χ1v) is 7.22. The van der Waals surface area contributed by atoms with Crippen LogP contribution >= 0.6 is 0 Å². The molecule has 0 spiro atoms. The third-order valence-electron chi connectivity index (χ3n) is 2.97. The monoisotopic (exact) mass is 301 g/mol. The lowest BCUT2D eigenvalue weighted by atomic mass is 10.3. The predicted octanol–water partition coefficient (Wildman–Crippen LogP) is 1.49. The molecule has 5 nitrogen and oxygen atoms in total. The van der Waals surface area contributed by atoms with Gasteiger partial charge in [0.05, 0.1) is 6.20 Å². The van der Waals surface area contributed by atoms with Gasteiger partial charge >= 0.3 is 0 Å². The van der Waals surface area contributed by atoms with E-state index < -0.39 is 26.6 Å². The summed E-state index contributed by atoms with van der Waals surface area (Å²) in [6.45, 7) is 1.73. The normalized spacial score (nSPS) is 11.8. The van der Waals surface area contributed by atoms with Crippen molar-refractivity contribution >= 4 is 10.0 Å². The predicted molar refractivity (Wildman–Crippen MR) is 68.3 cm³/mol. The van der Waals surface area contributed by atoms with Crippen LogP contribution in [0, 0.1) is 18.6 Å². The van der Waals surface area contributed by atoms with Gasteiger partial charge in [0, 0.05) is 24.8 Å². The van der Waals surface area contributed by atoms with Gasteiger partial charge in [0.2, 0.25) is 10.0 Å². The number of nitrogens with zero attached hydrogens (tertiary/aromatic N) is 2. The zero-order valence-corrected chi connectivity index (χ0v) is 11.7. The number of hydrogen-bond acceptors (Lipinski definition) is 3. The van der Waals surface area contributed by atoms with Crippen LogP contribution in [0.4, 0.5) is 8.78 Å². The van der Waals surface area contributed by atoms with Crippen molar-refractivity contribution in [1.29, 1.82) is 0 Å². The van der Waals surface area contributed by atoms with Gasteiger partial charge in [0.25, 0.3) is 0 Å². The topological polar surface area (TPSA) is 64.0 Å². The maximum atomic E-state index is 13.5. The van der Waals surface area contributed by atoms with E-state index in [-0.39, 0.29) is 6.54 Å². The number of aryl methyl sites for hydroxylation is 1. The number of hydrogen-bond donors (Lipinski definition) is 1. The molecule has 1 aromatic carbocycles. The van der Waals surface area contributed by atoms with E-state index in [9.17, 15) is 17.2 Å². The Hall–Kier alpha value is -1.80. The molecule has 0 unspecified atom stereocenters. The van der Waals surface area contributed by atoms with E-state index in [2.05, 4.69) is 9.82 Å². The minimum absolute atomic E-state index is 0.0437. The van der Waals surface area contributed by atoms with Crippen LogP contribution in [0.15, 0.2) is 29.3 Å². The first-order chi connectivity index (χ1) is 9.31. The maximum Gasteiger partial charge on any atom is 0.243 e. The van der Waals surface area contributed by atoms with E-state index in [1.165, 1.54) is 6.20 Å². The Bertz CT molecular complexity index is 741. The van der Waals surface area contributed by atoms with Gasteiger partial charge in [0.15, 0.2) is 0 Å². The van der Waals surface area contributed by atoms with Gasteiger partial charge < -0.3 is 0 Å². The summed E-state index contributed by atoms with van der Waals surface area (Å²) in [5.41, 5.74) is 1.44. The molecule has 2 aromatic rings. The van der Waals surface area contributed by atoms with Gasteiger partial charge in [-0.05, 0) is 25.1 Å². The quantitative estimate of drug-likeness (QED) is 0.930. The average molecular weight is 301 g/mol. The summed E-state index contributed by atoms with van der Waals surface area (Å²) < 4.78 is 54.2. The van der Waals surface area contributed by atoms with Crippen molar-refractivity contribution in [2.45, 2.75) is 18.4 Å². The molecule has 108 valence electrons. The van der Waals surface area contributed by atoms with Crippen molar-refractivity contribution in [3.05, 3.63) is 47.3 Å². The number of aromatic nitrogens is 2. The number of benzene rings is 1. The van der Waals surface area contributed by atoms with Gasteiger partial charge in [-0.15, -0.1) is 0 Å². The number of halogens is 2. The fourth-order valence-corrected chi connectivity index (χ4v) is 2.74. The Balaban J connectivity index is 2.24. The van der Waals surface area contributed by atoms with Crippen LogP contribution in [0.25, 0.3) is 0 Å². The molecule has 2 rings (SSSR count). The SMILES string of the molecule is Cc1c(CNS(=O)(=O)c2cc(F)ccc2F)cnn1C. The van der Waals surface area contributed by atoms with Gasteiger partial charge in [-0.1, -0.05) is 0 Å². The van der Waals surface area contributed by atoms with Crippen molar-refractivity contribution in [2.75, 3.05) is 0 Å². The molecule has 1 N–H and O–H groups in total. The van der Waals surface area contributed by atoms with Crippen molar-refractivity contribution in [3.63, 3.8) is 0 Å². The second-order valence-electron chi connectivity index (χ2n) is 4.28. The highest BCUT2D eigenvalue weighted by atomic mass is 32.2. The number of rotatable bonds is 4. The zero-order valence-electron chi connectivity index (χ0n) is 10.9. The Morgan fingerprint density at radius 1 is 1.35 bits per heavy atom. The molecule has 1 heterocycles. The molecular weight excluding hydrogens is 288 g/mol. The van der Waals surface area contributed by atoms with E-state index in [4.69, 9.17) is 0 Å². The third kappa shape index (κ3) is 2.86. The van der Waals surface area contributed by atoms with Crippen LogP contribution in [0.3, 0.4) is 0 Å². The fourth-order valence-electron chi connectivity index (χ4n) is 1.65. The Kier molecular flexibility index (Phi) is 3.87. The molecule has 1 aromatic heterocycles. The first-order valence-electron chi connectivity index (χ1n) is 5.73. The molecule has 0 bridgehead atoms. The Morgan fingerprint density at radius 3 is 2.65 bits per heavy atom. The molecule has 0 radical (unpaired) electrons. The molecule has 0 aliphatic carbocycles. The van der Waals surface area contributed by atoms with Gasteiger partial charge in [-0.2, -0.15) is 5.10 Å². The number of sulfonamides is 1. The molecule has 0 aliphatic heterocycles. The van der Waals surface area contributed by atoms with Crippen LogP contribution < -0.4 is 4.72 Å². The molecule has 0 amide bonds. The van der Waals surface area contributed by atoms with Crippen molar-refractivity contribution in [2.24, 2.45) is 7.05 Å². The van der Waals surface area contributed by atoms with Crippen LogP contribution in [-0.2, 0) is 23.6 Å². The highest BCUT2D eigenvalue weighted by molar-refractivity contribution is 7.89. The standard InChI is InChI=1S/C12H13F2N3O2S/c1-8-9(6-15-17(8)2)7-16-20(18,19)12-5-10(13)3-4-11(12)14/h3-6,16H,7H2,1-2H3. The second kappa shape index (κ2) is 5.29. The fraction of sp³-hybridized carbons (Fsp3) is 0.250. The van der Waals surface area contributed by atoms with Crippen LogP contribution in [0.2, 0.25) is 0 Å². The van der Waals surface area contributed by atoms with Crippen molar-refractivity contribution in [3.8, 4) is 0 Å². The zero-order chi connectivity index (χ0) is 14.9. The summed E-state index contributed by atoms with van der Waals surface area (Å²) in [5, 5.41) is 3.97. The van der Waals surface area contributed by atoms with E-state index in [1.807, 2.05) is 0 Å². The third-order valence-corrected chi connectivity index (χ3v) is 4.39. The largest absolute Gasteiger partial charge is 0.273 e. The first kappa shape index (κ1) is 14.6. The Morgan fingerprint density at radius 2 is 2.05 bits per heavy atom. The highest BCUT2D eigenvalue weighted by Gasteiger charge is 2.20. The summed E-state index contributed by atoms with van der Waals surface area (Å²) in [5.74, 6) is -1.81. The minimum Gasteiger partial charge on any atom is -0.273 e. The van der Waals surface area contributed by atoms with Crippen LogP contribution in [-0.4, -0.2) is 18.2 Å². The lowest BCUT2D eigenvalue weighted by Crippen LogP contribution is -2.24. The lowest BCUT2D eigenvalue weighted by molar-refractivity contribution is 0.545. The van der Waals surface area contributed by atoms with Crippen molar-refractivity contribution in [1.82, 2.24) is 14.5 Å². The molecule has 0 saturated carbocycles. The molecule has 8 heteroatoms. The van der Waals surface area contributed by atoms with Gasteiger partial charge in [-0.3, -0.25) is 4.68 Å². The summed E-state index contributed by atoms with van der Waals surface area (Å²) in [6, 6.07) is 2.28. The molecular formula is C12H13F2N3O2S. The summed E-state index contributed by atoms with van der Waals surface area (Å²) in [4.78, 5) is -0.709. The summed E-state index contributed by atoms with van der Waals surface area (Å²) >= 11 is 0. The second-order valence-corrected chi connectivity index (χ2v) is 6.01. The van der Waals surface area contributed by atoms with E-state index in [1.54, 1.807) is 18.7 Å². The minimum atomic E-state index is -4.12.